The van der Waals surface area contributed by atoms with Crippen LogP contribution in [0, 0.1) is 23.2 Å². The Morgan fingerprint density at radius 2 is 2.05 bits per heavy atom. The lowest BCUT2D eigenvalue weighted by Gasteiger charge is -2.53. The van der Waals surface area contributed by atoms with E-state index >= 15 is 0 Å². The highest BCUT2D eigenvalue weighted by Gasteiger charge is 2.57. The van der Waals surface area contributed by atoms with Crippen LogP contribution in [0.2, 0.25) is 0 Å². The number of hydrogen-bond donors (Lipinski definition) is 2. The quantitative estimate of drug-likeness (QED) is 0.814. The van der Waals surface area contributed by atoms with E-state index in [0.717, 1.165) is 25.2 Å². The highest BCUT2D eigenvalue weighted by atomic mass is 16.3. The van der Waals surface area contributed by atoms with E-state index in [1.165, 1.54) is 30.4 Å². The number of aliphatic hydroxyl groups is 1. The maximum absolute atomic E-state index is 10.6. The Morgan fingerprint density at radius 1 is 1.23 bits per heavy atom. The maximum atomic E-state index is 10.6. The van der Waals surface area contributed by atoms with Crippen molar-refractivity contribution >= 4 is 0 Å². The Hall–Kier alpha value is -1.02. The van der Waals surface area contributed by atoms with Crippen LogP contribution < -0.4 is 0 Å². The average molecular weight is 300 g/mol. The van der Waals surface area contributed by atoms with Gasteiger partial charge in [-0.2, -0.15) is 0 Å². The first kappa shape index (κ1) is 14.6. The fourth-order valence-corrected chi connectivity index (χ4v) is 6.25. The van der Waals surface area contributed by atoms with Gasteiger partial charge in [-0.25, -0.2) is 0 Å². The smallest absolute Gasteiger partial charge is 0.115 e. The van der Waals surface area contributed by atoms with Crippen molar-refractivity contribution < 1.29 is 10.2 Å². The first-order chi connectivity index (χ1) is 10.5. The molecule has 3 aliphatic rings. The number of phenolic OH excluding ortho intramolecular Hbond substituents is 1. The molecule has 0 unspecified atom stereocenters. The van der Waals surface area contributed by atoms with E-state index in [1.807, 2.05) is 12.1 Å². The zero-order valence-corrected chi connectivity index (χ0v) is 13.8. The molecule has 2 nitrogen and oxygen atoms in total. The Labute approximate surface area is 133 Å². The second-order valence-electron chi connectivity index (χ2n) is 8.19. The zero-order chi connectivity index (χ0) is 15.5. The predicted octanol–water partition coefficient (Wildman–Crippen LogP) is 4.25. The van der Waals surface area contributed by atoms with Crippen LogP contribution in [0.5, 0.6) is 5.75 Å². The summed E-state index contributed by atoms with van der Waals surface area (Å²) in [5.41, 5.74) is 2.99. The molecule has 2 saturated carbocycles. The molecule has 2 fully saturated rings. The van der Waals surface area contributed by atoms with Gasteiger partial charge in [-0.15, -0.1) is 0 Å². The van der Waals surface area contributed by atoms with E-state index in [1.54, 1.807) is 0 Å². The van der Waals surface area contributed by atoms with E-state index in [4.69, 9.17) is 0 Å². The Balaban J connectivity index is 1.78. The van der Waals surface area contributed by atoms with Gasteiger partial charge in [0.25, 0.3) is 0 Å². The molecule has 120 valence electrons. The summed E-state index contributed by atoms with van der Waals surface area (Å²) in [6.45, 7) is 4.65. The van der Waals surface area contributed by atoms with Crippen LogP contribution in [0.3, 0.4) is 0 Å². The molecule has 0 aliphatic heterocycles. The van der Waals surface area contributed by atoms with E-state index in [9.17, 15) is 10.2 Å². The minimum atomic E-state index is -0.103. The molecule has 0 aromatic heterocycles. The molecule has 22 heavy (non-hydrogen) atoms. The lowest BCUT2D eigenvalue weighted by atomic mass is 9.51. The van der Waals surface area contributed by atoms with E-state index < -0.39 is 0 Å². The molecular weight excluding hydrogens is 272 g/mol. The first-order valence-electron chi connectivity index (χ1n) is 9.04. The second kappa shape index (κ2) is 4.99. The summed E-state index contributed by atoms with van der Waals surface area (Å²) in [5, 5.41) is 20.4. The van der Waals surface area contributed by atoms with Crippen LogP contribution in [-0.4, -0.2) is 16.3 Å². The van der Waals surface area contributed by atoms with Crippen LogP contribution in [0.25, 0.3) is 0 Å². The number of aryl methyl sites for hydroxylation is 1. The molecule has 0 amide bonds. The molecule has 0 saturated heterocycles. The number of fused-ring (bicyclic) bond motifs is 5. The van der Waals surface area contributed by atoms with Crippen LogP contribution in [0.4, 0.5) is 0 Å². The van der Waals surface area contributed by atoms with Crippen molar-refractivity contribution in [3.8, 4) is 5.75 Å². The molecule has 1 aromatic carbocycles. The number of aliphatic hydroxyl groups excluding tert-OH is 1. The van der Waals surface area contributed by atoms with Crippen LogP contribution in [-0.2, 0) is 6.42 Å². The van der Waals surface area contributed by atoms with E-state index in [0.29, 0.717) is 23.5 Å². The van der Waals surface area contributed by atoms with E-state index in [2.05, 4.69) is 19.9 Å². The first-order valence-corrected chi connectivity index (χ1v) is 9.04. The van der Waals surface area contributed by atoms with Gasteiger partial charge >= 0.3 is 0 Å². The number of benzene rings is 1. The number of hydrogen-bond acceptors (Lipinski definition) is 2. The van der Waals surface area contributed by atoms with Crippen molar-refractivity contribution in [2.75, 3.05) is 0 Å². The van der Waals surface area contributed by atoms with Gasteiger partial charge in [0.2, 0.25) is 0 Å². The van der Waals surface area contributed by atoms with Crippen LogP contribution in [0.15, 0.2) is 18.2 Å². The zero-order valence-electron chi connectivity index (χ0n) is 13.8. The molecule has 0 radical (unpaired) electrons. The Bertz CT molecular complexity index is 581. The molecule has 2 heteroatoms. The minimum absolute atomic E-state index is 0.103. The lowest BCUT2D eigenvalue weighted by Crippen LogP contribution is -2.47. The fraction of sp³-hybridized carbons (Fsp3) is 0.700. The van der Waals surface area contributed by atoms with Gasteiger partial charge in [0.1, 0.15) is 5.75 Å². The summed E-state index contributed by atoms with van der Waals surface area (Å²) in [6.07, 6.45) is 6.75. The third-order valence-electron chi connectivity index (χ3n) is 7.30. The third kappa shape index (κ3) is 1.89. The van der Waals surface area contributed by atoms with Crippen molar-refractivity contribution in [2.24, 2.45) is 23.2 Å². The lowest BCUT2D eigenvalue weighted by molar-refractivity contribution is -0.0487. The summed E-state index contributed by atoms with van der Waals surface area (Å²) >= 11 is 0. The molecular formula is C20H28O2. The molecule has 4 rings (SSSR count). The molecule has 0 spiro atoms. The standard InChI is InChI=1S/C20H28O2/c1-3-12-11-20(2)17(8-9-18(20)22)16-6-4-13-10-14(21)5-7-15(13)19(12)16/h5,7,10,12,16-19,21-22H,3-4,6,8-9,11H2,1-2H3/t12-,16-,17-,18-,19+,20-/m0/s1. The monoisotopic (exact) mass is 300 g/mol. The van der Waals surface area contributed by atoms with Gasteiger partial charge in [0.05, 0.1) is 6.10 Å². The molecule has 6 atom stereocenters. The normalized spacial score (nSPS) is 43.3. The van der Waals surface area contributed by atoms with Crippen molar-refractivity contribution in [2.45, 2.75) is 64.4 Å². The average Bonchev–Trinajstić information content (AvgIpc) is 2.81. The summed E-state index contributed by atoms with van der Waals surface area (Å²) in [6, 6.07) is 6.03. The molecule has 1 aromatic rings. The summed E-state index contributed by atoms with van der Waals surface area (Å²) in [7, 11) is 0. The maximum Gasteiger partial charge on any atom is 0.115 e. The summed E-state index contributed by atoms with van der Waals surface area (Å²) in [5.74, 6) is 3.11. The van der Waals surface area contributed by atoms with Crippen LogP contribution >= 0.6 is 0 Å². The fourth-order valence-electron chi connectivity index (χ4n) is 6.25. The Kier molecular flexibility index (Phi) is 3.30. The topological polar surface area (TPSA) is 40.5 Å². The van der Waals surface area contributed by atoms with Gasteiger partial charge in [-0.3, -0.25) is 0 Å². The van der Waals surface area contributed by atoms with Crippen LogP contribution in [0.1, 0.15) is 63.0 Å². The molecule has 2 N–H and O–H groups in total. The SMILES string of the molecule is CC[C@H]1C[C@]2(C)[C@@H](O)CC[C@H]2[C@@H]2CCc3cc(O)ccc3[C@@H]12. The summed E-state index contributed by atoms with van der Waals surface area (Å²) < 4.78 is 0. The van der Waals surface area contributed by atoms with Crippen molar-refractivity contribution in [3.05, 3.63) is 29.3 Å². The summed E-state index contributed by atoms with van der Waals surface area (Å²) in [4.78, 5) is 0. The highest BCUT2D eigenvalue weighted by Crippen LogP contribution is 2.63. The molecule has 3 aliphatic carbocycles. The van der Waals surface area contributed by atoms with Gasteiger partial charge in [-0.05, 0) is 84.5 Å². The number of phenols is 1. The minimum Gasteiger partial charge on any atom is -0.508 e. The molecule has 0 heterocycles. The van der Waals surface area contributed by atoms with Gasteiger partial charge < -0.3 is 10.2 Å². The van der Waals surface area contributed by atoms with E-state index in [-0.39, 0.29) is 11.5 Å². The number of aromatic hydroxyl groups is 1. The van der Waals surface area contributed by atoms with Crippen molar-refractivity contribution in [1.82, 2.24) is 0 Å². The molecule has 0 bridgehead atoms. The van der Waals surface area contributed by atoms with Crippen molar-refractivity contribution in [1.29, 1.82) is 0 Å². The predicted molar refractivity (Wildman–Crippen MR) is 87.9 cm³/mol. The highest BCUT2D eigenvalue weighted by molar-refractivity contribution is 5.40. The van der Waals surface area contributed by atoms with Gasteiger partial charge in [0, 0.05) is 0 Å². The number of rotatable bonds is 1. The second-order valence-corrected chi connectivity index (χ2v) is 8.19. The van der Waals surface area contributed by atoms with Gasteiger partial charge in [0.15, 0.2) is 0 Å². The van der Waals surface area contributed by atoms with Crippen molar-refractivity contribution in [3.63, 3.8) is 0 Å². The third-order valence-corrected chi connectivity index (χ3v) is 7.30. The van der Waals surface area contributed by atoms with Gasteiger partial charge in [-0.1, -0.05) is 26.3 Å². The largest absolute Gasteiger partial charge is 0.508 e. The Morgan fingerprint density at radius 3 is 2.82 bits per heavy atom.